The van der Waals surface area contributed by atoms with Crippen LogP contribution in [0.4, 0.5) is 0 Å². The minimum atomic E-state index is -0.356. The quantitative estimate of drug-likeness (QED) is 0.309. The van der Waals surface area contributed by atoms with Crippen LogP contribution in [0.25, 0.3) is 0 Å². The highest BCUT2D eigenvalue weighted by Crippen LogP contribution is 2.40. The first kappa shape index (κ1) is 22.0. The summed E-state index contributed by atoms with van der Waals surface area (Å²) in [6.07, 6.45) is 8.78. The average molecular weight is 355 g/mol. The molecule has 0 N–H and O–H groups in total. The van der Waals surface area contributed by atoms with Crippen LogP contribution in [0.3, 0.4) is 0 Å². The Labute approximate surface area is 154 Å². The number of unbranched alkanes of at least 4 members (excludes halogenated alkanes) is 2. The summed E-state index contributed by atoms with van der Waals surface area (Å²) in [6.45, 7) is 9.29. The van der Waals surface area contributed by atoms with Crippen molar-refractivity contribution in [3.05, 3.63) is 0 Å². The predicted molar refractivity (Wildman–Crippen MR) is 100 cm³/mol. The third-order valence-electron chi connectivity index (χ3n) is 5.43. The molecule has 0 saturated heterocycles. The van der Waals surface area contributed by atoms with E-state index < -0.39 is 0 Å². The van der Waals surface area contributed by atoms with E-state index >= 15 is 0 Å². The van der Waals surface area contributed by atoms with Crippen LogP contribution in [-0.2, 0) is 19.1 Å². The van der Waals surface area contributed by atoms with Crippen LogP contribution in [0, 0.1) is 23.7 Å². The molecule has 0 aromatic carbocycles. The van der Waals surface area contributed by atoms with Gasteiger partial charge in [0.1, 0.15) is 0 Å². The minimum Gasteiger partial charge on any atom is -0.465 e. The van der Waals surface area contributed by atoms with E-state index in [9.17, 15) is 9.59 Å². The minimum absolute atomic E-state index is 0.166. The van der Waals surface area contributed by atoms with Crippen LogP contribution in [0.15, 0.2) is 0 Å². The van der Waals surface area contributed by atoms with Crippen LogP contribution in [-0.4, -0.2) is 25.2 Å². The first-order valence-corrected chi connectivity index (χ1v) is 10.4. The number of carbonyl (C=O) groups is 2. The topological polar surface area (TPSA) is 52.6 Å². The molecule has 0 bridgehead atoms. The van der Waals surface area contributed by atoms with Crippen molar-refractivity contribution in [3.63, 3.8) is 0 Å². The maximum absolute atomic E-state index is 12.9. The summed E-state index contributed by atoms with van der Waals surface area (Å²) in [5.41, 5.74) is 0. The summed E-state index contributed by atoms with van der Waals surface area (Å²) < 4.78 is 11.1. The summed E-state index contributed by atoms with van der Waals surface area (Å²) in [7, 11) is 0. The van der Waals surface area contributed by atoms with Crippen LogP contribution in [0.2, 0.25) is 0 Å². The lowest BCUT2D eigenvalue weighted by molar-refractivity contribution is -0.165. The normalized spacial score (nSPS) is 26.7. The Morgan fingerprint density at radius 1 is 0.840 bits per heavy atom. The number of hydrogen-bond donors (Lipinski definition) is 0. The molecule has 1 saturated carbocycles. The zero-order valence-corrected chi connectivity index (χ0v) is 16.7. The molecule has 4 heteroatoms. The van der Waals surface area contributed by atoms with Gasteiger partial charge in [-0.15, -0.1) is 0 Å². The summed E-state index contributed by atoms with van der Waals surface area (Å²) >= 11 is 0. The molecule has 1 aliphatic carbocycles. The van der Waals surface area contributed by atoms with E-state index in [0.29, 0.717) is 13.2 Å². The SMILES string of the molecule is CCCCOC(=O)C1C(C)CCCC(CCC)C1C(=O)OCCCC. The van der Waals surface area contributed by atoms with Crippen molar-refractivity contribution in [3.8, 4) is 0 Å². The second-order valence-electron chi connectivity index (χ2n) is 7.55. The first-order valence-electron chi connectivity index (χ1n) is 10.4. The molecule has 0 aromatic rings. The molecule has 4 unspecified atom stereocenters. The molecule has 0 amide bonds. The molecule has 0 radical (unpaired) electrons. The van der Waals surface area contributed by atoms with E-state index in [2.05, 4.69) is 27.7 Å². The van der Waals surface area contributed by atoms with Gasteiger partial charge in [-0.25, -0.2) is 0 Å². The van der Waals surface area contributed by atoms with Crippen LogP contribution in [0.5, 0.6) is 0 Å². The second-order valence-corrected chi connectivity index (χ2v) is 7.55. The highest BCUT2D eigenvalue weighted by Gasteiger charge is 2.45. The molecule has 4 nitrogen and oxygen atoms in total. The van der Waals surface area contributed by atoms with Gasteiger partial charge in [0.2, 0.25) is 0 Å². The average Bonchev–Trinajstić information content (AvgIpc) is 2.74. The molecule has 25 heavy (non-hydrogen) atoms. The van der Waals surface area contributed by atoms with Gasteiger partial charge in [-0.2, -0.15) is 0 Å². The molecule has 1 rings (SSSR count). The van der Waals surface area contributed by atoms with Gasteiger partial charge in [0.05, 0.1) is 25.0 Å². The third-order valence-corrected chi connectivity index (χ3v) is 5.43. The van der Waals surface area contributed by atoms with Crippen molar-refractivity contribution in [1.29, 1.82) is 0 Å². The molecular formula is C21H38O4. The Balaban J connectivity index is 2.95. The molecule has 0 aliphatic heterocycles. The third kappa shape index (κ3) is 6.99. The number of rotatable bonds is 10. The second kappa shape index (κ2) is 12.3. The highest BCUT2D eigenvalue weighted by molar-refractivity contribution is 5.82. The van der Waals surface area contributed by atoms with Gasteiger partial charge in [-0.05, 0) is 43.9 Å². The van der Waals surface area contributed by atoms with Gasteiger partial charge in [0, 0.05) is 0 Å². The number of ether oxygens (including phenoxy) is 2. The smallest absolute Gasteiger partial charge is 0.310 e. The van der Waals surface area contributed by atoms with Crippen molar-refractivity contribution in [2.75, 3.05) is 13.2 Å². The van der Waals surface area contributed by atoms with Gasteiger partial charge >= 0.3 is 11.9 Å². The van der Waals surface area contributed by atoms with Crippen LogP contribution in [0.1, 0.15) is 85.5 Å². The van der Waals surface area contributed by atoms with Gasteiger partial charge in [0.15, 0.2) is 0 Å². The first-order chi connectivity index (χ1) is 12.1. The van der Waals surface area contributed by atoms with Crippen molar-refractivity contribution < 1.29 is 19.1 Å². The van der Waals surface area contributed by atoms with E-state index in [0.717, 1.165) is 57.8 Å². The fraction of sp³-hybridized carbons (Fsp3) is 0.905. The van der Waals surface area contributed by atoms with E-state index in [1.807, 2.05) is 0 Å². The molecule has 0 aromatic heterocycles. The van der Waals surface area contributed by atoms with Crippen molar-refractivity contribution in [1.82, 2.24) is 0 Å². The largest absolute Gasteiger partial charge is 0.465 e. The van der Waals surface area contributed by atoms with Gasteiger partial charge in [0.25, 0.3) is 0 Å². The van der Waals surface area contributed by atoms with E-state index in [4.69, 9.17) is 9.47 Å². The van der Waals surface area contributed by atoms with E-state index in [1.54, 1.807) is 0 Å². The Morgan fingerprint density at radius 3 is 1.92 bits per heavy atom. The Hall–Kier alpha value is -1.06. The highest BCUT2D eigenvalue weighted by atomic mass is 16.5. The summed E-state index contributed by atoms with van der Waals surface area (Å²) in [5, 5.41) is 0. The maximum Gasteiger partial charge on any atom is 0.310 e. The Bertz CT molecular complexity index is 393. The fourth-order valence-corrected chi connectivity index (χ4v) is 3.95. The molecule has 4 atom stereocenters. The molecule has 0 heterocycles. The zero-order chi connectivity index (χ0) is 18.7. The van der Waals surface area contributed by atoms with Crippen LogP contribution >= 0.6 is 0 Å². The number of carbonyl (C=O) groups excluding carboxylic acids is 2. The maximum atomic E-state index is 12.9. The standard InChI is InChI=1S/C21H38O4/c1-5-8-14-24-20(22)18-16(4)12-10-13-17(11-7-3)19(18)21(23)25-15-9-6-2/h16-19H,5-15H2,1-4H3. The van der Waals surface area contributed by atoms with E-state index in [-0.39, 0.29) is 35.6 Å². The van der Waals surface area contributed by atoms with Crippen LogP contribution < -0.4 is 0 Å². The molecular weight excluding hydrogens is 316 g/mol. The monoisotopic (exact) mass is 354 g/mol. The molecule has 1 aliphatic rings. The van der Waals surface area contributed by atoms with Crippen molar-refractivity contribution >= 4 is 11.9 Å². The summed E-state index contributed by atoms with van der Waals surface area (Å²) in [5.74, 6) is -0.680. The molecule has 1 fully saturated rings. The van der Waals surface area contributed by atoms with Gasteiger partial charge in [-0.1, -0.05) is 53.4 Å². The summed E-state index contributed by atoms with van der Waals surface area (Å²) in [6, 6.07) is 0. The Kier molecular flexibility index (Phi) is 10.8. The number of hydrogen-bond acceptors (Lipinski definition) is 4. The molecule has 146 valence electrons. The zero-order valence-electron chi connectivity index (χ0n) is 16.7. The fourth-order valence-electron chi connectivity index (χ4n) is 3.95. The Morgan fingerprint density at radius 2 is 1.40 bits per heavy atom. The summed E-state index contributed by atoms with van der Waals surface area (Å²) in [4.78, 5) is 25.7. The number of esters is 2. The predicted octanol–water partition coefficient (Wildman–Crippen LogP) is 5.14. The van der Waals surface area contributed by atoms with E-state index in [1.165, 1.54) is 0 Å². The van der Waals surface area contributed by atoms with Gasteiger partial charge < -0.3 is 9.47 Å². The van der Waals surface area contributed by atoms with Crippen molar-refractivity contribution in [2.45, 2.75) is 85.5 Å². The van der Waals surface area contributed by atoms with Crippen molar-refractivity contribution in [2.24, 2.45) is 23.7 Å². The molecule has 0 spiro atoms. The lowest BCUT2D eigenvalue weighted by Gasteiger charge is -2.31. The lowest BCUT2D eigenvalue weighted by atomic mass is 9.75. The lowest BCUT2D eigenvalue weighted by Crippen LogP contribution is -2.40. The van der Waals surface area contributed by atoms with Gasteiger partial charge in [-0.3, -0.25) is 9.59 Å².